The summed E-state index contributed by atoms with van der Waals surface area (Å²) in [6.45, 7) is 5.34. The van der Waals surface area contributed by atoms with Gasteiger partial charge in [0, 0.05) is 34.5 Å². The summed E-state index contributed by atoms with van der Waals surface area (Å²) < 4.78 is 0. The lowest BCUT2D eigenvalue weighted by Gasteiger charge is -2.18. The highest BCUT2D eigenvalue weighted by molar-refractivity contribution is 7.99. The molecular formula is C14H20ClNS. The van der Waals surface area contributed by atoms with E-state index in [4.69, 9.17) is 11.6 Å². The van der Waals surface area contributed by atoms with Crippen molar-refractivity contribution in [1.29, 1.82) is 0 Å². The van der Waals surface area contributed by atoms with E-state index in [2.05, 4.69) is 43.4 Å². The zero-order valence-electron chi connectivity index (χ0n) is 10.4. The quantitative estimate of drug-likeness (QED) is 0.815. The van der Waals surface area contributed by atoms with Crippen LogP contribution in [0.1, 0.15) is 31.7 Å². The van der Waals surface area contributed by atoms with Gasteiger partial charge in [-0.2, -0.15) is 0 Å². The van der Waals surface area contributed by atoms with Crippen molar-refractivity contribution < 1.29 is 0 Å². The van der Waals surface area contributed by atoms with Crippen LogP contribution in [0.4, 0.5) is 0 Å². The van der Waals surface area contributed by atoms with E-state index in [-0.39, 0.29) is 5.38 Å². The van der Waals surface area contributed by atoms with Crippen molar-refractivity contribution in [2.24, 2.45) is 0 Å². The molecule has 1 N–H and O–H groups in total. The molecular weight excluding hydrogens is 250 g/mol. The molecule has 1 aliphatic heterocycles. The third-order valence-electron chi connectivity index (χ3n) is 3.19. The van der Waals surface area contributed by atoms with Crippen LogP contribution in [0.2, 0.25) is 0 Å². The number of nitrogens with one attached hydrogen (secondary N) is 1. The topological polar surface area (TPSA) is 12.0 Å². The van der Waals surface area contributed by atoms with Crippen LogP contribution in [-0.2, 0) is 0 Å². The van der Waals surface area contributed by atoms with Gasteiger partial charge in [-0.25, -0.2) is 0 Å². The minimum absolute atomic E-state index is 0.253. The van der Waals surface area contributed by atoms with Gasteiger partial charge in [0.25, 0.3) is 0 Å². The Morgan fingerprint density at radius 2 is 2.18 bits per heavy atom. The first-order valence-corrected chi connectivity index (χ1v) is 7.68. The van der Waals surface area contributed by atoms with Gasteiger partial charge in [-0.15, -0.1) is 23.4 Å². The first-order chi connectivity index (χ1) is 8.16. The molecule has 0 spiro atoms. The van der Waals surface area contributed by atoms with Crippen molar-refractivity contribution in [1.82, 2.24) is 5.32 Å². The Hall–Kier alpha value is -0.180. The number of hydrogen-bond acceptors (Lipinski definition) is 2. The summed E-state index contributed by atoms with van der Waals surface area (Å²) >= 11 is 7.98. The van der Waals surface area contributed by atoms with Crippen LogP contribution in [0.5, 0.6) is 0 Å². The number of rotatable bonds is 5. The fourth-order valence-electron chi connectivity index (χ4n) is 2.31. The molecule has 3 heteroatoms. The molecule has 0 fully saturated rings. The van der Waals surface area contributed by atoms with Crippen molar-refractivity contribution in [3.63, 3.8) is 0 Å². The van der Waals surface area contributed by atoms with Crippen molar-refractivity contribution in [2.45, 2.75) is 42.5 Å². The first-order valence-electron chi connectivity index (χ1n) is 6.26. The normalized spacial score (nSPS) is 22.2. The van der Waals surface area contributed by atoms with E-state index in [0.29, 0.717) is 12.0 Å². The van der Waals surface area contributed by atoms with Gasteiger partial charge in [-0.1, -0.05) is 18.2 Å². The molecule has 17 heavy (non-hydrogen) atoms. The SMILES string of the molecule is CC(Cl)CC(C)NCC1CSc2ccccc21. The summed E-state index contributed by atoms with van der Waals surface area (Å²) in [5.41, 5.74) is 1.51. The van der Waals surface area contributed by atoms with E-state index in [1.807, 2.05) is 11.8 Å². The molecule has 1 aromatic carbocycles. The molecule has 0 amide bonds. The third kappa shape index (κ3) is 3.64. The largest absolute Gasteiger partial charge is 0.314 e. The molecule has 1 aromatic rings. The van der Waals surface area contributed by atoms with Gasteiger partial charge < -0.3 is 5.32 Å². The lowest BCUT2D eigenvalue weighted by Crippen LogP contribution is -2.32. The number of alkyl halides is 1. The molecule has 1 aliphatic rings. The smallest absolute Gasteiger partial charge is 0.0322 e. The van der Waals surface area contributed by atoms with Crippen molar-refractivity contribution in [2.75, 3.05) is 12.3 Å². The second-order valence-electron chi connectivity index (χ2n) is 4.87. The van der Waals surface area contributed by atoms with Crippen LogP contribution in [0, 0.1) is 0 Å². The Morgan fingerprint density at radius 1 is 1.41 bits per heavy atom. The van der Waals surface area contributed by atoms with E-state index < -0.39 is 0 Å². The minimum atomic E-state index is 0.253. The van der Waals surface area contributed by atoms with Crippen molar-refractivity contribution in [3.8, 4) is 0 Å². The van der Waals surface area contributed by atoms with Gasteiger partial charge >= 0.3 is 0 Å². The zero-order chi connectivity index (χ0) is 12.3. The second-order valence-corrected chi connectivity index (χ2v) is 6.68. The van der Waals surface area contributed by atoms with Gasteiger partial charge in [0.2, 0.25) is 0 Å². The van der Waals surface area contributed by atoms with Gasteiger partial charge in [0.15, 0.2) is 0 Å². The molecule has 1 nitrogen and oxygen atoms in total. The van der Waals surface area contributed by atoms with Gasteiger partial charge in [-0.3, -0.25) is 0 Å². The number of hydrogen-bond donors (Lipinski definition) is 1. The summed E-state index contributed by atoms with van der Waals surface area (Å²) in [6, 6.07) is 9.25. The Labute approximate surface area is 113 Å². The fourth-order valence-corrected chi connectivity index (χ4v) is 3.83. The lowest BCUT2D eigenvalue weighted by atomic mass is 10.0. The van der Waals surface area contributed by atoms with Crippen LogP contribution in [-0.4, -0.2) is 23.7 Å². The van der Waals surface area contributed by atoms with Gasteiger partial charge in [0.1, 0.15) is 0 Å². The monoisotopic (exact) mass is 269 g/mol. The maximum Gasteiger partial charge on any atom is 0.0322 e. The maximum absolute atomic E-state index is 6.00. The fraction of sp³-hybridized carbons (Fsp3) is 0.571. The Kier molecular flexibility index (Phi) is 4.78. The summed E-state index contributed by atoms with van der Waals surface area (Å²) in [6.07, 6.45) is 1.03. The molecule has 3 atom stereocenters. The summed E-state index contributed by atoms with van der Waals surface area (Å²) in [5, 5.41) is 3.85. The average molecular weight is 270 g/mol. The van der Waals surface area contributed by atoms with E-state index >= 15 is 0 Å². The Morgan fingerprint density at radius 3 is 2.94 bits per heavy atom. The maximum atomic E-state index is 6.00. The number of halogens is 1. The lowest BCUT2D eigenvalue weighted by molar-refractivity contribution is 0.493. The van der Waals surface area contributed by atoms with Crippen LogP contribution in [0.25, 0.3) is 0 Å². The molecule has 0 bridgehead atoms. The van der Waals surface area contributed by atoms with Crippen molar-refractivity contribution in [3.05, 3.63) is 29.8 Å². The summed E-state index contributed by atoms with van der Waals surface area (Å²) in [5.74, 6) is 1.86. The van der Waals surface area contributed by atoms with E-state index in [1.165, 1.54) is 16.2 Å². The number of benzene rings is 1. The van der Waals surface area contributed by atoms with E-state index in [0.717, 1.165) is 13.0 Å². The first kappa shape index (κ1) is 13.3. The second kappa shape index (κ2) is 6.12. The standard InChI is InChI=1S/C14H20ClNS/c1-10(15)7-11(2)16-8-12-9-17-14-6-4-3-5-13(12)14/h3-6,10-12,16H,7-9H2,1-2H3. The highest BCUT2D eigenvalue weighted by Gasteiger charge is 2.22. The van der Waals surface area contributed by atoms with Gasteiger partial charge in [0.05, 0.1) is 0 Å². The molecule has 1 heterocycles. The van der Waals surface area contributed by atoms with Crippen LogP contribution >= 0.6 is 23.4 Å². The van der Waals surface area contributed by atoms with E-state index in [1.54, 1.807) is 0 Å². The zero-order valence-corrected chi connectivity index (χ0v) is 12.0. The average Bonchev–Trinajstić information content (AvgIpc) is 2.69. The Balaban J connectivity index is 1.85. The van der Waals surface area contributed by atoms with Crippen molar-refractivity contribution >= 4 is 23.4 Å². The molecule has 2 rings (SSSR count). The molecule has 0 radical (unpaired) electrons. The predicted octanol–water partition coefficient (Wildman–Crippen LogP) is 3.87. The molecule has 0 aliphatic carbocycles. The number of thioether (sulfide) groups is 1. The van der Waals surface area contributed by atoms with Crippen LogP contribution in [0.3, 0.4) is 0 Å². The highest BCUT2D eigenvalue weighted by Crippen LogP contribution is 2.38. The molecule has 0 saturated carbocycles. The molecule has 0 saturated heterocycles. The number of fused-ring (bicyclic) bond motifs is 1. The molecule has 94 valence electrons. The van der Waals surface area contributed by atoms with Crippen LogP contribution < -0.4 is 5.32 Å². The van der Waals surface area contributed by atoms with Crippen LogP contribution in [0.15, 0.2) is 29.2 Å². The summed E-state index contributed by atoms with van der Waals surface area (Å²) in [7, 11) is 0. The highest BCUT2D eigenvalue weighted by atomic mass is 35.5. The molecule has 0 aromatic heterocycles. The Bertz CT molecular complexity index is 367. The van der Waals surface area contributed by atoms with Gasteiger partial charge in [-0.05, 0) is 31.9 Å². The third-order valence-corrected chi connectivity index (χ3v) is 4.62. The summed E-state index contributed by atoms with van der Waals surface area (Å²) in [4.78, 5) is 1.46. The molecule has 3 unspecified atom stereocenters. The predicted molar refractivity (Wildman–Crippen MR) is 77.3 cm³/mol. The van der Waals surface area contributed by atoms with E-state index in [9.17, 15) is 0 Å². The minimum Gasteiger partial charge on any atom is -0.314 e.